The number of nitrogens with zero attached hydrogens (tertiary/aromatic N) is 3. The van der Waals surface area contributed by atoms with Gasteiger partial charge in [-0.15, -0.1) is 0 Å². The van der Waals surface area contributed by atoms with Crippen molar-refractivity contribution in [3.8, 4) is 22.5 Å². The predicted octanol–water partition coefficient (Wildman–Crippen LogP) is 5.95. The largest absolute Gasteiger partial charge is 0.299 e. The number of aromatic nitrogens is 2. The Morgan fingerprint density at radius 3 is 1.76 bits per heavy atom. The van der Waals surface area contributed by atoms with Gasteiger partial charge in [0.2, 0.25) is 0 Å². The highest BCUT2D eigenvalue weighted by Gasteiger charge is 2.14. The summed E-state index contributed by atoms with van der Waals surface area (Å²) < 4.78 is 0. The molecular formula is C26H25N3. The molecule has 3 aromatic carbocycles. The molecule has 0 unspecified atom stereocenters. The highest BCUT2D eigenvalue weighted by atomic mass is 15.1. The Labute approximate surface area is 172 Å². The first kappa shape index (κ1) is 18.0. The lowest BCUT2D eigenvalue weighted by Crippen LogP contribution is -2.29. The summed E-state index contributed by atoms with van der Waals surface area (Å²) in [5, 5.41) is 0. The zero-order valence-corrected chi connectivity index (χ0v) is 16.6. The molecule has 0 aliphatic carbocycles. The van der Waals surface area contributed by atoms with Crippen molar-refractivity contribution < 1.29 is 0 Å². The SMILES string of the molecule is c1ccc(-c2nc3ccccc3nc2-c2ccc(CN3CCCCC3)cc2)cc1. The van der Waals surface area contributed by atoms with Gasteiger partial charge in [0, 0.05) is 17.7 Å². The van der Waals surface area contributed by atoms with E-state index in [0.717, 1.165) is 40.1 Å². The molecule has 0 bridgehead atoms. The van der Waals surface area contributed by atoms with Crippen molar-refractivity contribution in [3.63, 3.8) is 0 Å². The van der Waals surface area contributed by atoms with Gasteiger partial charge in [-0.05, 0) is 43.6 Å². The van der Waals surface area contributed by atoms with Crippen LogP contribution in [0.1, 0.15) is 24.8 Å². The van der Waals surface area contributed by atoms with E-state index in [2.05, 4.69) is 53.4 Å². The van der Waals surface area contributed by atoms with Crippen LogP contribution in [-0.4, -0.2) is 28.0 Å². The van der Waals surface area contributed by atoms with Gasteiger partial charge in [0.05, 0.1) is 22.4 Å². The smallest absolute Gasteiger partial charge is 0.0973 e. The van der Waals surface area contributed by atoms with Gasteiger partial charge in [-0.1, -0.05) is 73.2 Å². The van der Waals surface area contributed by atoms with Crippen molar-refractivity contribution in [1.29, 1.82) is 0 Å². The summed E-state index contributed by atoms with van der Waals surface area (Å²) in [6, 6.07) is 27.3. The van der Waals surface area contributed by atoms with E-state index in [0.29, 0.717) is 0 Å². The lowest BCUT2D eigenvalue weighted by atomic mass is 10.0. The first-order valence-electron chi connectivity index (χ1n) is 10.5. The summed E-state index contributed by atoms with van der Waals surface area (Å²) in [5.41, 5.74) is 7.32. The number of hydrogen-bond acceptors (Lipinski definition) is 3. The molecule has 0 N–H and O–H groups in total. The van der Waals surface area contributed by atoms with Gasteiger partial charge in [0.1, 0.15) is 0 Å². The number of fused-ring (bicyclic) bond motifs is 1. The van der Waals surface area contributed by atoms with Crippen LogP contribution in [0.15, 0.2) is 78.9 Å². The molecule has 1 saturated heterocycles. The number of likely N-dealkylation sites (tertiary alicyclic amines) is 1. The molecule has 5 rings (SSSR count). The van der Waals surface area contributed by atoms with E-state index in [1.165, 1.54) is 37.9 Å². The second-order valence-corrected chi connectivity index (χ2v) is 7.81. The van der Waals surface area contributed by atoms with Crippen LogP contribution in [0.25, 0.3) is 33.5 Å². The Bertz CT molecular complexity index is 1100. The molecule has 3 nitrogen and oxygen atoms in total. The quantitative estimate of drug-likeness (QED) is 0.439. The van der Waals surface area contributed by atoms with Gasteiger partial charge in [-0.2, -0.15) is 0 Å². The van der Waals surface area contributed by atoms with Gasteiger partial charge in [-0.25, -0.2) is 9.97 Å². The highest BCUT2D eigenvalue weighted by Crippen LogP contribution is 2.31. The molecule has 3 heteroatoms. The van der Waals surface area contributed by atoms with Crippen LogP contribution in [0.4, 0.5) is 0 Å². The fourth-order valence-electron chi connectivity index (χ4n) is 4.14. The molecule has 0 saturated carbocycles. The van der Waals surface area contributed by atoms with Gasteiger partial charge in [0.15, 0.2) is 0 Å². The van der Waals surface area contributed by atoms with E-state index >= 15 is 0 Å². The third-order valence-corrected chi connectivity index (χ3v) is 5.70. The molecule has 1 aliphatic rings. The van der Waals surface area contributed by atoms with Crippen molar-refractivity contribution in [1.82, 2.24) is 14.9 Å². The molecule has 4 aromatic rings. The fourth-order valence-corrected chi connectivity index (χ4v) is 4.14. The van der Waals surface area contributed by atoms with E-state index in [9.17, 15) is 0 Å². The van der Waals surface area contributed by atoms with E-state index in [-0.39, 0.29) is 0 Å². The maximum absolute atomic E-state index is 4.99. The van der Waals surface area contributed by atoms with Crippen LogP contribution in [0.2, 0.25) is 0 Å². The Morgan fingerprint density at radius 2 is 1.14 bits per heavy atom. The monoisotopic (exact) mass is 379 g/mol. The first-order valence-corrected chi connectivity index (χ1v) is 10.5. The third-order valence-electron chi connectivity index (χ3n) is 5.70. The maximum Gasteiger partial charge on any atom is 0.0973 e. The molecule has 0 radical (unpaired) electrons. The number of rotatable bonds is 4. The van der Waals surface area contributed by atoms with Crippen LogP contribution in [0.3, 0.4) is 0 Å². The van der Waals surface area contributed by atoms with Crippen molar-refractivity contribution in [2.75, 3.05) is 13.1 Å². The molecule has 29 heavy (non-hydrogen) atoms. The van der Waals surface area contributed by atoms with E-state index in [4.69, 9.17) is 9.97 Å². The van der Waals surface area contributed by atoms with Crippen LogP contribution in [-0.2, 0) is 6.54 Å². The summed E-state index contributed by atoms with van der Waals surface area (Å²) in [4.78, 5) is 12.5. The van der Waals surface area contributed by atoms with Gasteiger partial charge >= 0.3 is 0 Å². The Kier molecular flexibility index (Phi) is 5.06. The maximum atomic E-state index is 4.99. The Morgan fingerprint density at radius 1 is 0.586 bits per heavy atom. The van der Waals surface area contributed by atoms with Gasteiger partial charge < -0.3 is 0 Å². The van der Waals surface area contributed by atoms with Crippen LogP contribution < -0.4 is 0 Å². The highest BCUT2D eigenvalue weighted by molar-refractivity contribution is 5.86. The lowest BCUT2D eigenvalue weighted by Gasteiger charge is -2.26. The molecule has 0 spiro atoms. The van der Waals surface area contributed by atoms with Crippen molar-refractivity contribution in [3.05, 3.63) is 84.4 Å². The van der Waals surface area contributed by atoms with Gasteiger partial charge in [0.25, 0.3) is 0 Å². The molecule has 144 valence electrons. The molecule has 0 amide bonds. The molecule has 1 fully saturated rings. The normalized spacial score (nSPS) is 14.9. The second kappa shape index (κ2) is 8.14. The molecular weight excluding hydrogens is 354 g/mol. The predicted molar refractivity (Wildman–Crippen MR) is 120 cm³/mol. The van der Waals surface area contributed by atoms with Crippen LogP contribution in [0, 0.1) is 0 Å². The van der Waals surface area contributed by atoms with Gasteiger partial charge in [-0.3, -0.25) is 4.90 Å². The average Bonchev–Trinajstić information content (AvgIpc) is 2.80. The lowest BCUT2D eigenvalue weighted by molar-refractivity contribution is 0.221. The van der Waals surface area contributed by atoms with Crippen molar-refractivity contribution in [2.45, 2.75) is 25.8 Å². The minimum absolute atomic E-state index is 0.928. The summed E-state index contributed by atoms with van der Waals surface area (Å²) >= 11 is 0. The fraction of sp³-hybridized carbons (Fsp3) is 0.231. The minimum atomic E-state index is 0.928. The van der Waals surface area contributed by atoms with Crippen molar-refractivity contribution >= 4 is 11.0 Å². The minimum Gasteiger partial charge on any atom is -0.299 e. The van der Waals surface area contributed by atoms with E-state index in [1.807, 2.05) is 30.3 Å². The molecule has 0 atom stereocenters. The third kappa shape index (κ3) is 3.92. The number of hydrogen-bond donors (Lipinski definition) is 0. The Balaban J connectivity index is 1.53. The zero-order chi connectivity index (χ0) is 19.5. The number of piperidine rings is 1. The first-order chi connectivity index (χ1) is 14.4. The second-order valence-electron chi connectivity index (χ2n) is 7.81. The molecule has 2 heterocycles. The summed E-state index contributed by atoms with van der Waals surface area (Å²) in [5.74, 6) is 0. The number of benzene rings is 3. The zero-order valence-electron chi connectivity index (χ0n) is 16.6. The summed E-state index contributed by atoms with van der Waals surface area (Å²) in [6.07, 6.45) is 4.02. The summed E-state index contributed by atoms with van der Waals surface area (Å²) in [6.45, 7) is 3.47. The van der Waals surface area contributed by atoms with Crippen molar-refractivity contribution in [2.24, 2.45) is 0 Å². The average molecular weight is 380 g/mol. The van der Waals surface area contributed by atoms with Crippen LogP contribution in [0.5, 0.6) is 0 Å². The topological polar surface area (TPSA) is 29.0 Å². The summed E-state index contributed by atoms with van der Waals surface area (Å²) in [7, 11) is 0. The standard InChI is InChI=1S/C26H25N3/c1-3-9-21(10-4-1)25-26(28-24-12-6-5-11-23(24)27-25)22-15-13-20(14-16-22)19-29-17-7-2-8-18-29/h1,3-6,9-16H,2,7-8,17-19H2. The van der Waals surface area contributed by atoms with Crippen LogP contribution >= 0.6 is 0 Å². The van der Waals surface area contributed by atoms with E-state index in [1.54, 1.807) is 0 Å². The molecule has 1 aliphatic heterocycles. The number of para-hydroxylation sites is 2. The Hall–Kier alpha value is -3.04. The van der Waals surface area contributed by atoms with E-state index < -0.39 is 0 Å². The molecule has 1 aromatic heterocycles.